The van der Waals surface area contributed by atoms with Crippen LogP contribution in [0.25, 0.3) is 0 Å². The molecule has 2 N–H and O–H groups in total. The van der Waals surface area contributed by atoms with Crippen LogP contribution in [0, 0.1) is 5.82 Å². The highest BCUT2D eigenvalue weighted by atomic mass is 35.5. The number of rotatable bonds is 5. The lowest BCUT2D eigenvalue weighted by molar-refractivity contribution is -0.128. The Balaban J connectivity index is 0.000000176. The van der Waals surface area contributed by atoms with Gasteiger partial charge in [0.1, 0.15) is 16.8 Å². The summed E-state index contributed by atoms with van der Waals surface area (Å²) < 4.78 is 27.3. The highest BCUT2D eigenvalue weighted by Crippen LogP contribution is 2.26. The molecule has 2 aromatic rings. The van der Waals surface area contributed by atoms with Crippen molar-refractivity contribution < 1.29 is 13.4 Å². The normalized spacial score (nSPS) is 17.8. The molecule has 1 atom stereocenters. The summed E-state index contributed by atoms with van der Waals surface area (Å²) in [6, 6.07) is 12.9. The summed E-state index contributed by atoms with van der Waals surface area (Å²) in [5, 5.41) is 3.75. The first-order valence-corrected chi connectivity index (χ1v) is 12.5. The van der Waals surface area contributed by atoms with Crippen molar-refractivity contribution in [3.8, 4) is 0 Å². The van der Waals surface area contributed by atoms with Crippen LogP contribution in [0.5, 0.6) is 0 Å². The maximum absolute atomic E-state index is 13.4. The summed E-state index contributed by atoms with van der Waals surface area (Å²) in [6.07, 6.45) is 5.52. The average Bonchev–Trinajstić information content (AvgIpc) is 3.16. The van der Waals surface area contributed by atoms with Crippen LogP contribution >= 0.6 is 11.6 Å². The lowest BCUT2D eigenvalue weighted by Gasteiger charge is -2.23. The van der Waals surface area contributed by atoms with Crippen molar-refractivity contribution in [2.24, 2.45) is 0 Å². The molecule has 2 aliphatic heterocycles. The minimum atomic E-state index is -0.988. The molecule has 0 radical (unpaired) electrons. The molecule has 5 nitrogen and oxygen atoms in total. The van der Waals surface area contributed by atoms with E-state index in [0.29, 0.717) is 29.5 Å². The monoisotopic (exact) mass is 465 g/mol. The molecule has 2 heterocycles. The van der Waals surface area contributed by atoms with Gasteiger partial charge in [0.25, 0.3) is 0 Å². The van der Waals surface area contributed by atoms with E-state index in [4.69, 9.17) is 11.6 Å². The third kappa shape index (κ3) is 7.30. The maximum atomic E-state index is 13.4. The number of hydrogen-bond acceptors (Lipinski definition) is 3. The third-order valence-electron chi connectivity index (χ3n) is 5.53. The van der Waals surface area contributed by atoms with Crippen molar-refractivity contribution >= 4 is 34.2 Å². The van der Waals surface area contributed by atoms with Crippen molar-refractivity contribution in [1.29, 1.82) is 0 Å². The van der Waals surface area contributed by atoms with Gasteiger partial charge in [0.2, 0.25) is 5.91 Å². The van der Waals surface area contributed by atoms with Crippen molar-refractivity contribution in [3.05, 3.63) is 64.4 Å². The molecule has 4 rings (SSSR count). The number of carbonyl (C=O) groups is 1. The van der Waals surface area contributed by atoms with Gasteiger partial charge < -0.3 is 14.9 Å². The van der Waals surface area contributed by atoms with E-state index in [1.807, 2.05) is 12.1 Å². The Kier molecular flexibility index (Phi) is 8.87. The Morgan fingerprint density at radius 1 is 1.19 bits per heavy atom. The Morgan fingerprint density at radius 2 is 1.90 bits per heavy atom. The Hall–Kier alpha value is -1.96. The first-order valence-electron chi connectivity index (χ1n) is 10.5. The van der Waals surface area contributed by atoms with Crippen molar-refractivity contribution in [2.45, 2.75) is 38.1 Å². The van der Waals surface area contributed by atoms with Crippen molar-refractivity contribution in [1.82, 2.24) is 10.2 Å². The van der Waals surface area contributed by atoms with Crippen LogP contribution in [-0.4, -0.2) is 40.9 Å². The first kappa shape index (κ1) is 23.7. The number of carbonyl (C=O) groups excluding carboxylic acids is 1. The molecule has 168 valence electrons. The molecule has 31 heavy (non-hydrogen) atoms. The number of halogens is 2. The second kappa shape index (κ2) is 11.6. The van der Waals surface area contributed by atoms with Crippen LogP contribution in [0.3, 0.4) is 0 Å². The zero-order valence-corrected chi connectivity index (χ0v) is 19.3. The SMILES string of the molecule is CS(=O)Nc1ccc(C2CCNCC2)cc1.O=C1CCCN1Cc1ccc(Cl)cc1F. The summed E-state index contributed by atoms with van der Waals surface area (Å²) in [5.74, 6) is 0.439. The number of anilines is 1. The zero-order valence-electron chi connectivity index (χ0n) is 17.7. The van der Waals surface area contributed by atoms with Crippen LogP contribution in [0.15, 0.2) is 42.5 Å². The minimum Gasteiger partial charge on any atom is -0.338 e. The molecule has 0 saturated carbocycles. The summed E-state index contributed by atoms with van der Waals surface area (Å²) in [7, 11) is -0.988. The van der Waals surface area contributed by atoms with E-state index >= 15 is 0 Å². The van der Waals surface area contributed by atoms with Gasteiger partial charge in [0.15, 0.2) is 0 Å². The van der Waals surface area contributed by atoms with E-state index in [-0.39, 0.29) is 11.7 Å². The Morgan fingerprint density at radius 3 is 2.48 bits per heavy atom. The number of nitrogens with zero attached hydrogens (tertiary/aromatic N) is 1. The number of piperidine rings is 1. The van der Waals surface area contributed by atoms with Gasteiger partial charge in [-0.2, -0.15) is 0 Å². The van der Waals surface area contributed by atoms with Crippen LogP contribution in [0.2, 0.25) is 5.02 Å². The fourth-order valence-corrected chi connectivity index (χ4v) is 4.50. The van der Waals surface area contributed by atoms with E-state index < -0.39 is 11.0 Å². The molecule has 8 heteroatoms. The molecule has 0 spiro atoms. The molecule has 2 fully saturated rings. The number of hydrogen-bond donors (Lipinski definition) is 2. The standard InChI is InChI=1S/C12H18N2OS.C11H11ClFNO/c1-16(15)14-12-4-2-10(3-5-12)11-6-8-13-9-7-11;12-9-4-3-8(10(13)6-9)7-14-5-1-2-11(14)15/h2-5,11,13-14H,6-9H2,1H3;3-4,6H,1-2,5,7H2. The third-order valence-corrected chi connectivity index (χ3v) is 6.29. The van der Waals surface area contributed by atoms with Crippen molar-refractivity contribution in [3.63, 3.8) is 0 Å². The summed E-state index contributed by atoms with van der Waals surface area (Å²) in [6.45, 7) is 3.30. The molecule has 0 bridgehead atoms. The first-order chi connectivity index (χ1) is 14.9. The van der Waals surface area contributed by atoms with Gasteiger partial charge in [-0.05, 0) is 68.1 Å². The topological polar surface area (TPSA) is 61.4 Å². The lowest BCUT2D eigenvalue weighted by Crippen LogP contribution is -2.26. The number of amides is 1. The van der Waals surface area contributed by atoms with Crippen LogP contribution in [-0.2, 0) is 22.3 Å². The smallest absolute Gasteiger partial charge is 0.222 e. The number of likely N-dealkylation sites (tertiary alicyclic amines) is 1. The van der Waals surface area contributed by atoms with Gasteiger partial charge in [0.05, 0.1) is 0 Å². The summed E-state index contributed by atoms with van der Waals surface area (Å²) >= 11 is 5.64. The van der Waals surface area contributed by atoms with E-state index in [9.17, 15) is 13.4 Å². The van der Waals surface area contributed by atoms with Gasteiger partial charge in [0, 0.05) is 42.0 Å². The molecule has 2 aliphatic rings. The summed E-state index contributed by atoms with van der Waals surface area (Å²) in [4.78, 5) is 13.0. The molecular formula is C23H29ClFN3O2S. The fraction of sp³-hybridized carbons (Fsp3) is 0.435. The Bertz CT molecular complexity index is 904. The fourth-order valence-electron chi connectivity index (χ4n) is 3.87. The average molecular weight is 466 g/mol. The molecule has 1 amide bonds. The molecule has 0 aromatic heterocycles. The highest BCUT2D eigenvalue weighted by molar-refractivity contribution is 7.85. The van der Waals surface area contributed by atoms with Crippen LogP contribution < -0.4 is 10.0 Å². The van der Waals surface area contributed by atoms with E-state index in [1.54, 1.807) is 23.3 Å². The molecule has 2 saturated heterocycles. The van der Waals surface area contributed by atoms with Gasteiger partial charge >= 0.3 is 0 Å². The largest absolute Gasteiger partial charge is 0.338 e. The molecular weight excluding hydrogens is 437 g/mol. The second-order valence-electron chi connectivity index (χ2n) is 7.86. The Labute approximate surface area is 190 Å². The number of benzene rings is 2. The minimum absolute atomic E-state index is 0.101. The van der Waals surface area contributed by atoms with Gasteiger partial charge in [-0.1, -0.05) is 29.8 Å². The molecule has 0 aliphatic carbocycles. The predicted molar refractivity (Wildman–Crippen MR) is 125 cm³/mol. The van der Waals surface area contributed by atoms with Crippen LogP contribution in [0.1, 0.15) is 42.7 Å². The van der Waals surface area contributed by atoms with E-state index in [2.05, 4.69) is 22.2 Å². The van der Waals surface area contributed by atoms with E-state index in [0.717, 1.165) is 31.7 Å². The van der Waals surface area contributed by atoms with Crippen LogP contribution in [0.4, 0.5) is 10.1 Å². The highest BCUT2D eigenvalue weighted by Gasteiger charge is 2.21. The predicted octanol–water partition coefficient (Wildman–Crippen LogP) is 4.46. The van der Waals surface area contributed by atoms with E-state index in [1.165, 1.54) is 24.5 Å². The zero-order chi connectivity index (χ0) is 22.2. The lowest BCUT2D eigenvalue weighted by atomic mass is 9.90. The maximum Gasteiger partial charge on any atom is 0.222 e. The molecule has 2 aromatic carbocycles. The number of nitrogens with one attached hydrogen (secondary N) is 2. The second-order valence-corrected chi connectivity index (χ2v) is 9.41. The summed E-state index contributed by atoms with van der Waals surface area (Å²) in [5.41, 5.74) is 2.85. The van der Waals surface area contributed by atoms with Gasteiger partial charge in [-0.15, -0.1) is 0 Å². The van der Waals surface area contributed by atoms with Crippen molar-refractivity contribution in [2.75, 3.05) is 30.6 Å². The van der Waals surface area contributed by atoms with Gasteiger partial charge in [-0.3, -0.25) is 4.79 Å². The quantitative estimate of drug-likeness (QED) is 0.685. The van der Waals surface area contributed by atoms with Gasteiger partial charge in [-0.25, -0.2) is 8.60 Å². The molecule has 1 unspecified atom stereocenters.